The Bertz CT molecular complexity index is 1130. The molecule has 0 unspecified atom stereocenters. The van der Waals surface area contributed by atoms with Crippen molar-refractivity contribution in [2.75, 3.05) is 36.4 Å². The predicted octanol–water partition coefficient (Wildman–Crippen LogP) is 3.36. The third kappa shape index (κ3) is 4.64. The molecular formula is C23H26N4O3S. The van der Waals surface area contributed by atoms with Gasteiger partial charge in [-0.05, 0) is 36.8 Å². The number of allylic oxidation sites excluding steroid dienone is 1. The lowest BCUT2D eigenvalue weighted by Gasteiger charge is -2.36. The first kappa shape index (κ1) is 21.1. The maximum atomic E-state index is 12.7. The molecule has 0 spiro atoms. The highest BCUT2D eigenvalue weighted by Gasteiger charge is 2.26. The number of benzene rings is 2. The van der Waals surface area contributed by atoms with E-state index < -0.39 is 10.0 Å². The Labute approximate surface area is 183 Å². The van der Waals surface area contributed by atoms with Crippen molar-refractivity contribution in [3.05, 3.63) is 60.7 Å². The topological polar surface area (TPSA) is 82.1 Å². The normalized spacial score (nSPS) is 17.4. The van der Waals surface area contributed by atoms with Crippen molar-refractivity contribution in [1.82, 2.24) is 4.90 Å². The van der Waals surface area contributed by atoms with Crippen LogP contribution < -0.4 is 10.2 Å². The summed E-state index contributed by atoms with van der Waals surface area (Å²) in [4.78, 5) is 16.9. The number of carbonyl (C=O) groups is 1. The van der Waals surface area contributed by atoms with Gasteiger partial charge in [0.15, 0.2) is 0 Å². The van der Waals surface area contributed by atoms with Crippen molar-refractivity contribution in [3.8, 4) is 0 Å². The number of nitrogens with one attached hydrogen (secondary N) is 1. The second kappa shape index (κ2) is 8.55. The van der Waals surface area contributed by atoms with Crippen LogP contribution >= 0.6 is 0 Å². The molecule has 1 fully saturated rings. The lowest BCUT2D eigenvalue weighted by molar-refractivity contribution is -0.131. The third-order valence-corrected chi connectivity index (χ3v) is 6.98. The van der Waals surface area contributed by atoms with Gasteiger partial charge in [0.2, 0.25) is 5.91 Å². The molecule has 162 valence electrons. The number of para-hydroxylation sites is 1. The lowest BCUT2D eigenvalue weighted by atomic mass is 10.1. The van der Waals surface area contributed by atoms with Crippen LogP contribution in [0.1, 0.15) is 25.3 Å². The molecule has 2 aliphatic heterocycles. The molecule has 8 heteroatoms. The van der Waals surface area contributed by atoms with Gasteiger partial charge in [0.05, 0.1) is 5.69 Å². The van der Waals surface area contributed by atoms with Gasteiger partial charge in [0, 0.05) is 44.7 Å². The van der Waals surface area contributed by atoms with Gasteiger partial charge in [-0.3, -0.25) is 4.79 Å². The van der Waals surface area contributed by atoms with E-state index in [4.69, 9.17) is 0 Å². The van der Waals surface area contributed by atoms with E-state index in [9.17, 15) is 13.2 Å². The predicted molar refractivity (Wildman–Crippen MR) is 124 cm³/mol. The molecule has 7 nitrogen and oxygen atoms in total. The summed E-state index contributed by atoms with van der Waals surface area (Å²) in [7, 11) is -3.72. The molecule has 4 rings (SSSR count). The number of carbonyl (C=O) groups excluding carboxylic acids is 1. The van der Waals surface area contributed by atoms with E-state index in [-0.39, 0.29) is 23.6 Å². The van der Waals surface area contributed by atoms with Crippen molar-refractivity contribution >= 4 is 38.7 Å². The minimum Gasteiger partial charge on any atom is -0.368 e. The monoisotopic (exact) mass is 438 g/mol. The molecule has 2 aliphatic rings. The molecule has 0 bridgehead atoms. The van der Waals surface area contributed by atoms with E-state index >= 15 is 0 Å². The first-order valence-electron chi connectivity index (χ1n) is 10.3. The van der Waals surface area contributed by atoms with Crippen LogP contribution in [0.25, 0.3) is 5.57 Å². The van der Waals surface area contributed by atoms with Crippen LogP contribution in [-0.4, -0.2) is 51.2 Å². The number of fused-ring (bicyclic) bond motifs is 1. The van der Waals surface area contributed by atoms with Crippen LogP contribution in [0.4, 0.5) is 11.4 Å². The van der Waals surface area contributed by atoms with Crippen LogP contribution in [-0.2, 0) is 14.8 Å². The molecule has 1 amide bonds. The standard InChI is InChI=1S/C23H26N4O3S/c1-17(2)18-7-9-19(10-8-18)26-13-15-27(16-14-26)23(28)12-11-22-24-20-5-3-4-6-21(20)31(29,30)25-22/h3-10H,1,11-16H2,2H3,(H,24,25). The maximum Gasteiger partial charge on any atom is 0.286 e. The van der Waals surface area contributed by atoms with Crippen molar-refractivity contribution in [3.63, 3.8) is 0 Å². The van der Waals surface area contributed by atoms with Gasteiger partial charge in [-0.2, -0.15) is 8.42 Å². The van der Waals surface area contributed by atoms with E-state index in [1.54, 1.807) is 18.2 Å². The Kier molecular flexibility index (Phi) is 5.82. The van der Waals surface area contributed by atoms with Crippen LogP contribution in [0.15, 0.2) is 64.4 Å². The molecule has 2 aromatic rings. The minimum absolute atomic E-state index is 0.0121. The largest absolute Gasteiger partial charge is 0.368 e. The number of amides is 1. The summed E-state index contributed by atoms with van der Waals surface area (Å²) in [5.41, 5.74) is 3.81. The van der Waals surface area contributed by atoms with E-state index in [1.807, 2.05) is 11.8 Å². The van der Waals surface area contributed by atoms with E-state index in [0.29, 0.717) is 24.6 Å². The van der Waals surface area contributed by atoms with Gasteiger partial charge in [-0.15, -0.1) is 4.40 Å². The fourth-order valence-corrected chi connectivity index (χ4v) is 5.00. The number of hydrogen-bond donors (Lipinski definition) is 1. The molecule has 0 aromatic heterocycles. The zero-order valence-electron chi connectivity index (χ0n) is 17.5. The molecule has 1 N–H and O–H groups in total. The van der Waals surface area contributed by atoms with Crippen LogP contribution in [0.2, 0.25) is 0 Å². The van der Waals surface area contributed by atoms with Crippen LogP contribution in [0.5, 0.6) is 0 Å². The molecule has 0 saturated carbocycles. The molecule has 0 aliphatic carbocycles. The summed E-state index contributed by atoms with van der Waals surface area (Å²) in [6.45, 7) is 8.76. The number of hydrogen-bond acceptors (Lipinski definition) is 5. The number of rotatable bonds is 5. The Balaban J connectivity index is 1.31. The summed E-state index contributed by atoms with van der Waals surface area (Å²) in [5, 5.41) is 3.04. The highest BCUT2D eigenvalue weighted by molar-refractivity contribution is 7.90. The zero-order chi connectivity index (χ0) is 22.0. The first-order valence-corrected chi connectivity index (χ1v) is 11.8. The fourth-order valence-electron chi connectivity index (χ4n) is 3.83. The van der Waals surface area contributed by atoms with Gasteiger partial charge in [-0.25, -0.2) is 0 Å². The summed E-state index contributed by atoms with van der Waals surface area (Å²) >= 11 is 0. The molecule has 1 saturated heterocycles. The van der Waals surface area contributed by atoms with Crippen molar-refractivity contribution in [1.29, 1.82) is 0 Å². The van der Waals surface area contributed by atoms with E-state index in [0.717, 1.165) is 29.9 Å². The first-order chi connectivity index (χ1) is 14.8. The summed E-state index contributed by atoms with van der Waals surface area (Å²) in [5.74, 6) is 0.321. The Morgan fingerprint density at radius 1 is 1.06 bits per heavy atom. The number of nitrogens with zero attached hydrogens (tertiary/aromatic N) is 3. The summed E-state index contributed by atoms with van der Waals surface area (Å²) < 4.78 is 28.5. The lowest BCUT2D eigenvalue weighted by Crippen LogP contribution is -2.48. The Morgan fingerprint density at radius 2 is 1.74 bits per heavy atom. The minimum atomic E-state index is -3.72. The highest BCUT2D eigenvalue weighted by Crippen LogP contribution is 2.27. The van der Waals surface area contributed by atoms with Crippen molar-refractivity contribution in [2.24, 2.45) is 4.40 Å². The van der Waals surface area contributed by atoms with Crippen LogP contribution in [0, 0.1) is 0 Å². The van der Waals surface area contributed by atoms with E-state index in [2.05, 4.69) is 45.5 Å². The number of piperazine rings is 1. The van der Waals surface area contributed by atoms with Gasteiger partial charge < -0.3 is 15.1 Å². The second-order valence-electron chi connectivity index (χ2n) is 7.83. The smallest absolute Gasteiger partial charge is 0.286 e. The molecule has 31 heavy (non-hydrogen) atoms. The molecule has 2 heterocycles. The summed E-state index contributed by atoms with van der Waals surface area (Å²) in [6.07, 6.45) is 0.478. The number of sulfonamides is 1. The third-order valence-electron chi connectivity index (χ3n) is 5.61. The Morgan fingerprint density at radius 3 is 2.42 bits per heavy atom. The van der Waals surface area contributed by atoms with Gasteiger partial charge in [0.1, 0.15) is 10.7 Å². The number of anilines is 2. The summed E-state index contributed by atoms with van der Waals surface area (Å²) in [6, 6.07) is 15.0. The molecular weight excluding hydrogens is 412 g/mol. The highest BCUT2D eigenvalue weighted by atomic mass is 32.2. The zero-order valence-corrected chi connectivity index (χ0v) is 18.4. The number of amidine groups is 1. The molecule has 0 radical (unpaired) electrons. The van der Waals surface area contributed by atoms with Gasteiger partial charge in [0.25, 0.3) is 10.0 Å². The quantitative estimate of drug-likeness (QED) is 0.774. The van der Waals surface area contributed by atoms with Crippen molar-refractivity contribution in [2.45, 2.75) is 24.7 Å². The van der Waals surface area contributed by atoms with E-state index in [1.165, 1.54) is 6.07 Å². The average Bonchev–Trinajstić information content (AvgIpc) is 2.77. The fraction of sp³-hybridized carbons (Fsp3) is 0.304. The van der Waals surface area contributed by atoms with Gasteiger partial charge in [-0.1, -0.05) is 36.4 Å². The Hall–Kier alpha value is -3.13. The second-order valence-corrected chi connectivity index (χ2v) is 9.40. The van der Waals surface area contributed by atoms with Crippen molar-refractivity contribution < 1.29 is 13.2 Å². The maximum absolute atomic E-state index is 12.7. The van der Waals surface area contributed by atoms with Gasteiger partial charge >= 0.3 is 0 Å². The molecule has 0 atom stereocenters. The molecule has 2 aromatic carbocycles. The van der Waals surface area contributed by atoms with Crippen LogP contribution in [0.3, 0.4) is 0 Å². The average molecular weight is 439 g/mol. The SMILES string of the molecule is C=C(C)c1ccc(N2CCN(C(=O)CCC3=NS(=O)(=O)c4ccccc4N3)CC2)cc1.